The Labute approximate surface area is 134 Å². The van der Waals surface area contributed by atoms with Crippen LogP contribution in [0.3, 0.4) is 0 Å². The molecule has 0 atom stereocenters. The molecule has 4 nitrogen and oxygen atoms in total. The van der Waals surface area contributed by atoms with Crippen LogP contribution in [0.4, 0.5) is 5.69 Å². The van der Waals surface area contributed by atoms with E-state index in [9.17, 15) is 4.79 Å². The minimum Gasteiger partial charge on any atom is -0.496 e. The van der Waals surface area contributed by atoms with Gasteiger partial charge in [0.2, 0.25) is 0 Å². The predicted molar refractivity (Wildman–Crippen MR) is 87.3 cm³/mol. The number of fused-ring (bicyclic) bond motifs is 1. The first-order chi connectivity index (χ1) is 10.6. The molecule has 0 spiro atoms. The highest BCUT2D eigenvalue weighted by Crippen LogP contribution is 2.27. The Bertz CT molecular complexity index is 731. The fourth-order valence-electron chi connectivity index (χ4n) is 2.77. The molecule has 0 fully saturated rings. The van der Waals surface area contributed by atoms with Gasteiger partial charge in [-0.25, -0.2) is 0 Å². The van der Waals surface area contributed by atoms with Crippen LogP contribution < -0.4 is 10.5 Å². The average molecular weight is 317 g/mol. The maximum absolute atomic E-state index is 12.8. The van der Waals surface area contributed by atoms with E-state index >= 15 is 0 Å². The number of halogens is 1. The molecule has 1 aliphatic rings. The zero-order valence-corrected chi connectivity index (χ0v) is 13.1. The van der Waals surface area contributed by atoms with Crippen LogP contribution in [0.2, 0.25) is 5.02 Å². The second kappa shape index (κ2) is 5.89. The third kappa shape index (κ3) is 2.74. The van der Waals surface area contributed by atoms with Gasteiger partial charge in [0, 0.05) is 23.8 Å². The monoisotopic (exact) mass is 316 g/mol. The molecular formula is C17H17ClN2O2. The smallest absolute Gasteiger partial charge is 0.257 e. The van der Waals surface area contributed by atoms with Crippen molar-refractivity contribution in [3.63, 3.8) is 0 Å². The number of nitrogen functional groups attached to an aromatic ring is 1. The second-order valence-corrected chi connectivity index (χ2v) is 5.79. The van der Waals surface area contributed by atoms with E-state index in [1.54, 1.807) is 30.2 Å². The molecule has 0 aromatic heterocycles. The fourth-order valence-corrected chi connectivity index (χ4v) is 2.94. The minimum atomic E-state index is -0.0765. The summed E-state index contributed by atoms with van der Waals surface area (Å²) in [4.78, 5) is 14.6. The van der Waals surface area contributed by atoms with Crippen molar-refractivity contribution in [1.29, 1.82) is 0 Å². The zero-order valence-electron chi connectivity index (χ0n) is 12.3. The molecular weight excluding hydrogens is 300 g/mol. The summed E-state index contributed by atoms with van der Waals surface area (Å²) in [6, 6.07) is 10.9. The topological polar surface area (TPSA) is 55.6 Å². The van der Waals surface area contributed by atoms with Crippen molar-refractivity contribution in [2.75, 3.05) is 19.4 Å². The highest BCUT2D eigenvalue weighted by molar-refractivity contribution is 6.31. The number of carbonyl (C=O) groups is 1. The van der Waals surface area contributed by atoms with Gasteiger partial charge < -0.3 is 15.4 Å². The van der Waals surface area contributed by atoms with Crippen molar-refractivity contribution in [1.82, 2.24) is 4.90 Å². The Morgan fingerprint density at radius 1 is 1.23 bits per heavy atom. The molecule has 2 aromatic carbocycles. The van der Waals surface area contributed by atoms with Gasteiger partial charge in [-0.1, -0.05) is 17.7 Å². The van der Waals surface area contributed by atoms with Gasteiger partial charge in [0.1, 0.15) is 5.75 Å². The molecule has 0 saturated carbocycles. The maximum Gasteiger partial charge on any atom is 0.257 e. The first kappa shape index (κ1) is 14.7. The van der Waals surface area contributed by atoms with Gasteiger partial charge in [-0.15, -0.1) is 0 Å². The average Bonchev–Trinajstić information content (AvgIpc) is 2.53. The summed E-state index contributed by atoms with van der Waals surface area (Å²) in [5.74, 6) is 0.459. The summed E-state index contributed by atoms with van der Waals surface area (Å²) in [5.41, 5.74) is 9.39. The molecule has 2 N–H and O–H groups in total. The Hall–Kier alpha value is -2.20. The molecule has 1 aliphatic heterocycles. The molecule has 3 rings (SSSR count). The summed E-state index contributed by atoms with van der Waals surface area (Å²) in [7, 11) is 1.55. The zero-order chi connectivity index (χ0) is 15.7. The molecule has 5 heteroatoms. The summed E-state index contributed by atoms with van der Waals surface area (Å²) in [6.07, 6.45) is 0.824. The fraction of sp³-hybridized carbons (Fsp3) is 0.235. The van der Waals surface area contributed by atoms with Crippen LogP contribution in [0.1, 0.15) is 21.5 Å². The third-order valence-corrected chi connectivity index (χ3v) is 4.16. The number of nitrogens with two attached hydrogens (primary N) is 1. The number of hydrogen-bond donors (Lipinski definition) is 1. The lowest BCUT2D eigenvalue weighted by Crippen LogP contribution is -2.36. The van der Waals surface area contributed by atoms with Crippen molar-refractivity contribution in [3.8, 4) is 5.75 Å². The Balaban J connectivity index is 1.89. The number of ether oxygens (including phenoxy) is 1. The van der Waals surface area contributed by atoms with Crippen LogP contribution in [0, 0.1) is 0 Å². The van der Waals surface area contributed by atoms with E-state index in [0.29, 0.717) is 35.1 Å². The van der Waals surface area contributed by atoms with Gasteiger partial charge in [0.25, 0.3) is 5.91 Å². The molecule has 0 unspecified atom stereocenters. The molecule has 114 valence electrons. The number of nitrogens with zero attached hydrogens (tertiary/aromatic N) is 1. The van der Waals surface area contributed by atoms with Gasteiger partial charge in [-0.2, -0.15) is 0 Å². The maximum atomic E-state index is 12.8. The van der Waals surface area contributed by atoms with E-state index in [4.69, 9.17) is 22.1 Å². The second-order valence-electron chi connectivity index (χ2n) is 5.35. The SMILES string of the molecule is COc1ccc(Cl)cc1C(=O)N1CCc2ccc(N)cc2C1. The van der Waals surface area contributed by atoms with E-state index in [0.717, 1.165) is 12.0 Å². The van der Waals surface area contributed by atoms with Crippen LogP contribution in [-0.2, 0) is 13.0 Å². The van der Waals surface area contributed by atoms with Crippen molar-refractivity contribution in [2.24, 2.45) is 0 Å². The van der Waals surface area contributed by atoms with Crippen molar-refractivity contribution in [2.45, 2.75) is 13.0 Å². The summed E-state index contributed by atoms with van der Waals surface area (Å²) in [5, 5.41) is 0.519. The lowest BCUT2D eigenvalue weighted by atomic mass is 9.98. The molecule has 22 heavy (non-hydrogen) atoms. The van der Waals surface area contributed by atoms with E-state index < -0.39 is 0 Å². The van der Waals surface area contributed by atoms with E-state index in [1.165, 1.54) is 5.56 Å². The summed E-state index contributed by atoms with van der Waals surface area (Å²) in [6.45, 7) is 1.22. The van der Waals surface area contributed by atoms with Crippen LogP contribution in [-0.4, -0.2) is 24.5 Å². The summed E-state index contributed by atoms with van der Waals surface area (Å²) >= 11 is 6.02. The highest BCUT2D eigenvalue weighted by atomic mass is 35.5. The number of methoxy groups -OCH3 is 1. The quantitative estimate of drug-likeness (QED) is 0.866. The first-order valence-electron chi connectivity index (χ1n) is 7.08. The molecule has 2 aromatic rings. The van der Waals surface area contributed by atoms with Crippen LogP contribution in [0.25, 0.3) is 0 Å². The van der Waals surface area contributed by atoms with Gasteiger partial charge in [0.15, 0.2) is 0 Å². The highest BCUT2D eigenvalue weighted by Gasteiger charge is 2.24. The largest absolute Gasteiger partial charge is 0.496 e. The number of amides is 1. The molecule has 0 radical (unpaired) electrons. The minimum absolute atomic E-state index is 0.0765. The standard InChI is InChI=1S/C17H17ClN2O2/c1-22-16-5-3-13(18)9-15(16)17(21)20-7-6-11-2-4-14(19)8-12(11)10-20/h2-5,8-9H,6-7,10,19H2,1H3. The Morgan fingerprint density at radius 2 is 2.05 bits per heavy atom. The van der Waals surface area contributed by atoms with Gasteiger partial charge in [-0.3, -0.25) is 4.79 Å². The summed E-state index contributed by atoms with van der Waals surface area (Å²) < 4.78 is 5.27. The molecule has 1 heterocycles. The van der Waals surface area contributed by atoms with Crippen LogP contribution in [0.5, 0.6) is 5.75 Å². The number of benzene rings is 2. The Kier molecular flexibility index (Phi) is 3.94. The normalized spacial score (nSPS) is 13.6. The molecule has 0 aliphatic carbocycles. The Morgan fingerprint density at radius 3 is 2.82 bits per heavy atom. The number of carbonyl (C=O) groups excluding carboxylic acids is 1. The molecule has 0 saturated heterocycles. The third-order valence-electron chi connectivity index (χ3n) is 3.92. The van der Waals surface area contributed by atoms with Crippen LogP contribution >= 0.6 is 11.6 Å². The number of anilines is 1. The van der Waals surface area contributed by atoms with Crippen molar-refractivity contribution in [3.05, 3.63) is 58.1 Å². The number of rotatable bonds is 2. The number of hydrogen-bond acceptors (Lipinski definition) is 3. The van der Waals surface area contributed by atoms with Crippen molar-refractivity contribution >= 4 is 23.2 Å². The van der Waals surface area contributed by atoms with E-state index in [2.05, 4.69) is 0 Å². The predicted octanol–water partition coefficient (Wildman–Crippen LogP) is 3.13. The lowest BCUT2D eigenvalue weighted by molar-refractivity contribution is 0.0731. The van der Waals surface area contributed by atoms with Crippen LogP contribution in [0.15, 0.2) is 36.4 Å². The lowest BCUT2D eigenvalue weighted by Gasteiger charge is -2.29. The first-order valence-corrected chi connectivity index (χ1v) is 7.46. The van der Waals surface area contributed by atoms with Gasteiger partial charge in [0.05, 0.1) is 12.7 Å². The van der Waals surface area contributed by atoms with Gasteiger partial charge >= 0.3 is 0 Å². The molecule has 0 bridgehead atoms. The van der Waals surface area contributed by atoms with Gasteiger partial charge in [-0.05, 0) is 47.9 Å². The van der Waals surface area contributed by atoms with E-state index in [-0.39, 0.29) is 5.91 Å². The molecule has 1 amide bonds. The van der Waals surface area contributed by atoms with Crippen molar-refractivity contribution < 1.29 is 9.53 Å². The van der Waals surface area contributed by atoms with E-state index in [1.807, 2.05) is 18.2 Å².